The number of carbonyl (C=O) groups is 1. The molecule has 256 valence electrons. The number of hydrogen-bond acceptors (Lipinski definition) is 15. The molecular weight excluding hydrogens is 693 g/mol. The Morgan fingerprint density at radius 2 is 2.25 bits per heavy atom. The number of halogens is 1. The van der Waals surface area contributed by atoms with Crippen LogP contribution in [0, 0.1) is 17.2 Å². The molecule has 1 amide bonds. The Balaban J connectivity index is 1.31. The second-order valence-corrected chi connectivity index (χ2v) is 14.8. The third kappa shape index (κ3) is 7.72. The highest BCUT2D eigenvalue weighted by molar-refractivity contribution is 8.07. The van der Waals surface area contributed by atoms with Crippen molar-refractivity contribution in [2.24, 2.45) is 5.92 Å². The molecule has 2 aliphatic heterocycles. The molecule has 0 radical (unpaired) electrons. The highest BCUT2D eigenvalue weighted by Gasteiger charge is 2.51. The molecule has 1 saturated heterocycles. The Hall–Kier alpha value is -3.46. The van der Waals surface area contributed by atoms with Gasteiger partial charge in [0.25, 0.3) is 5.56 Å². The third-order valence-corrected chi connectivity index (χ3v) is 10.3. The number of aromatic nitrogens is 6. The summed E-state index contributed by atoms with van der Waals surface area (Å²) < 4.78 is 59.3. The molecular formula is C27H31FN8O9P2S. The van der Waals surface area contributed by atoms with E-state index < -0.39 is 57.9 Å². The fourth-order valence-electron chi connectivity index (χ4n) is 5.10. The lowest BCUT2D eigenvalue weighted by molar-refractivity contribution is -0.118. The Morgan fingerprint density at radius 3 is 3.02 bits per heavy atom. The van der Waals surface area contributed by atoms with Gasteiger partial charge in [0, 0.05) is 42.8 Å². The number of fused-ring (bicyclic) bond motifs is 4. The highest BCUT2D eigenvalue weighted by Crippen LogP contribution is 2.56. The zero-order valence-electron chi connectivity index (χ0n) is 25.6. The maximum atomic E-state index is 16.2. The normalized spacial score (nSPS) is 30.7. The molecule has 3 aromatic rings. The van der Waals surface area contributed by atoms with Gasteiger partial charge < -0.3 is 23.0 Å². The fraction of sp³-hybridized carbons (Fsp3) is 0.519. The van der Waals surface area contributed by atoms with Crippen LogP contribution in [0.15, 0.2) is 41.5 Å². The number of imidazole rings is 1. The van der Waals surface area contributed by atoms with Crippen LogP contribution in [0.3, 0.4) is 0 Å². The van der Waals surface area contributed by atoms with Crippen LogP contribution in [-0.2, 0) is 44.0 Å². The SMILES string of the molecule is CC(C)C(=O)Nc1nc2c(ncn2C2O[C@@H]3COPO[C@H]4C[C@H](Oc5ccncn5)C/C4=C/OP(=S)(OCCC#N)O[C@@H]2[C@@H]3F)c(=O)[nH]1. The molecule has 0 spiro atoms. The number of H-pyrrole nitrogens is 1. The van der Waals surface area contributed by atoms with Crippen molar-refractivity contribution in [2.75, 3.05) is 18.5 Å². The molecule has 1 saturated carbocycles. The number of rotatable bonds is 8. The predicted octanol–water partition coefficient (Wildman–Crippen LogP) is 3.35. The minimum atomic E-state index is -3.83. The Labute approximate surface area is 279 Å². The molecule has 8 atom stereocenters. The molecule has 2 fully saturated rings. The summed E-state index contributed by atoms with van der Waals surface area (Å²) in [6.07, 6.45) is -0.218. The summed E-state index contributed by atoms with van der Waals surface area (Å²) in [5.74, 6) is -0.518. The molecule has 21 heteroatoms. The lowest BCUT2D eigenvalue weighted by atomic mass is 10.1. The molecule has 17 nitrogen and oxygen atoms in total. The summed E-state index contributed by atoms with van der Waals surface area (Å²) >= 11 is 5.74. The quantitative estimate of drug-likeness (QED) is 0.252. The number of anilines is 1. The van der Waals surface area contributed by atoms with E-state index in [-0.39, 0.29) is 48.8 Å². The average molecular weight is 725 g/mol. The second-order valence-electron chi connectivity index (χ2n) is 11.2. The van der Waals surface area contributed by atoms with Gasteiger partial charge in [0.15, 0.2) is 32.6 Å². The van der Waals surface area contributed by atoms with E-state index in [4.69, 9.17) is 49.2 Å². The van der Waals surface area contributed by atoms with Crippen molar-refractivity contribution in [1.82, 2.24) is 29.5 Å². The minimum absolute atomic E-state index is 0.0123. The molecule has 5 heterocycles. The van der Waals surface area contributed by atoms with Crippen molar-refractivity contribution in [3.8, 4) is 11.9 Å². The van der Waals surface area contributed by atoms with Crippen LogP contribution in [0.25, 0.3) is 11.2 Å². The summed E-state index contributed by atoms with van der Waals surface area (Å²) in [6.45, 7) is -0.840. The maximum Gasteiger partial charge on any atom is 0.380 e. The van der Waals surface area contributed by atoms with Crippen LogP contribution < -0.4 is 15.6 Å². The number of carbonyl (C=O) groups excluding carboxylic acids is 1. The average Bonchev–Trinajstić information content (AvgIpc) is 3.74. The summed E-state index contributed by atoms with van der Waals surface area (Å²) in [5.41, 5.74) is -0.0721. The van der Waals surface area contributed by atoms with E-state index in [0.29, 0.717) is 24.3 Å². The number of nitrogens with one attached hydrogen (secondary N) is 2. The molecule has 1 aliphatic carbocycles. The summed E-state index contributed by atoms with van der Waals surface area (Å²) in [7, 11) is -0.496. The maximum absolute atomic E-state index is 16.2. The van der Waals surface area contributed by atoms with E-state index in [1.54, 1.807) is 26.1 Å². The fourth-order valence-corrected chi connectivity index (χ4v) is 7.69. The summed E-state index contributed by atoms with van der Waals surface area (Å²) in [5, 5.41) is 11.7. The number of nitriles is 1. The van der Waals surface area contributed by atoms with Crippen molar-refractivity contribution in [1.29, 1.82) is 5.26 Å². The zero-order chi connectivity index (χ0) is 33.8. The van der Waals surface area contributed by atoms with Crippen molar-refractivity contribution in [3.63, 3.8) is 0 Å². The van der Waals surface area contributed by atoms with Gasteiger partial charge in [0.2, 0.25) is 17.7 Å². The first-order valence-electron chi connectivity index (χ1n) is 14.8. The van der Waals surface area contributed by atoms with Gasteiger partial charge in [0.1, 0.15) is 24.6 Å². The Morgan fingerprint density at radius 1 is 1.40 bits per heavy atom. The second kappa shape index (κ2) is 15.0. The number of hydrogen-bond donors (Lipinski definition) is 2. The van der Waals surface area contributed by atoms with Crippen molar-refractivity contribution < 1.29 is 41.3 Å². The zero-order valence-corrected chi connectivity index (χ0v) is 28.3. The summed E-state index contributed by atoms with van der Waals surface area (Å²) in [6, 6.07) is 3.60. The number of amides is 1. The number of nitrogens with zero attached hydrogens (tertiary/aromatic N) is 6. The first kappa shape index (κ1) is 34.4. The Kier molecular flexibility index (Phi) is 10.7. The minimum Gasteiger partial charge on any atom is -0.474 e. The lowest BCUT2D eigenvalue weighted by Gasteiger charge is -2.27. The molecule has 48 heavy (non-hydrogen) atoms. The van der Waals surface area contributed by atoms with E-state index in [9.17, 15) is 9.59 Å². The van der Waals surface area contributed by atoms with Gasteiger partial charge in [0.05, 0.1) is 44.4 Å². The first-order valence-corrected chi connectivity index (χ1v) is 18.2. The number of aromatic amines is 1. The van der Waals surface area contributed by atoms with Gasteiger partial charge >= 0.3 is 6.72 Å². The van der Waals surface area contributed by atoms with Crippen molar-refractivity contribution in [3.05, 3.63) is 47.1 Å². The van der Waals surface area contributed by atoms with E-state index in [2.05, 4.69) is 30.2 Å². The third-order valence-electron chi connectivity index (χ3n) is 7.48. The molecule has 6 rings (SSSR count). The van der Waals surface area contributed by atoms with Gasteiger partial charge in [-0.3, -0.25) is 33.5 Å². The van der Waals surface area contributed by atoms with Gasteiger partial charge in [-0.2, -0.15) is 10.2 Å². The van der Waals surface area contributed by atoms with Gasteiger partial charge in [-0.05, 0) is 5.57 Å². The van der Waals surface area contributed by atoms with Gasteiger partial charge in [-0.15, -0.1) is 0 Å². The number of ether oxygens (including phenoxy) is 2. The van der Waals surface area contributed by atoms with Gasteiger partial charge in [-0.1, -0.05) is 13.8 Å². The van der Waals surface area contributed by atoms with Crippen LogP contribution >= 0.6 is 15.8 Å². The monoisotopic (exact) mass is 724 g/mol. The molecule has 2 bridgehead atoms. The van der Waals surface area contributed by atoms with Crippen LogP contribution in [0.4, 0.5) is 10.3 Å². The van der Waals surface area contributed by atoms with Crippen LogP contribution in [-0.4, -0.2) is 79.2 Å². The van der Waals surface area contributed by atoms with E-state index >= 15 is 4.39 Å². The van der Waals surface area contributed by atoms with E-state index in [1.807, 2.05) is 6.07 Å². The largest absolute Gasteiger partial charge is 0.474 e. The van der Waals surface area contributed by atoms with Crippen LogP contribution in [0.5, 0.6) is 5.88 Å². The molecule has 2 N–H and O–H groups in total. The topological polar surface area (TPSA) is 207 Å². The predicted molar refractivity (Wildman–Crippen MR) is 170 cm³/mol. The molecule has 3 unspecified atom stereocenters. The standard InChI is InChI=1S/C27H31FN8O9P2S/c1-14(2)24(37)34-27-33-23-21(25(38)35-27)32-13-36(23)26-22-20(28)18(43-26)11-39-46-44-17-9-16(42-19-4-6-30-12-31-19)8-15(17)10-41-47(48,45-22)40-7-3-5-29/h4,6,10,12-14,16-18,20,22,26,46H,3,7-9,11H2,1-2H3,(H2,33,34,35,37,38)/b15-10-/t16-,17+,18-,20-,22-,26?,47?/m1/s1. The highest BCUT2D eigenvalue weighted by atomic mass is 32.5. The first-order chi connectivity index (χ1) is 23.1. The van der Waals surface area contributed by atoms with Crippen LogP contribution in [0.1, 0.15) is 39.3 Å². The lowest BCUT2D eigenvalue weighted by Crippen LogP contribution is -2.32. The van der Waals surface area contributed by atoms with E-state index in [1.165, 1.54) is 23.5 Å². The smallest absolute Gasteiger partial charge is 0.380 e. The van der Waals surface area contributed by atoms with Crippen molar-refractivity contribution >= 4 is 50.6 Å². The molecule has 0 aromatic carbocycles. The Bertz CT molecular complexity index is 1810. The molecule has 3 aromatic heterocycles. The van der Waals surface area contributed by atoms with E-state index in [0.717, 1.165) is 0 Å². The molecule has 3 aliphatic rings. The number of alkyl halides is 1. The summed E-state index contributed by atoms with van der Waals surface area (Å²) in [4.78, 5) is 44.2. The van der Waals surface area contributed by atoms with Crippen LogP contribution in [0.2, 0.25) is 0 Å². The van der Waals surface area contributed by atoms with Crippen molar-refractivity contribution in [2.45, 2.75) is 69.9 Å². The van der Waals surface area contributed by atoms with Gasteiger partial charge in [-0.25, -0.2) is 19.3 Å².